The zero-order valence-electron chi connectivity index (χ0n) is 10.3. The van der Waals surface area contributed by atoms with E-state index in [2.05, 4.69) is 5.43 Å². The molecule has 0 aliphatic rings. The van der Waals surface area contributed by atoms with Gasteiger partial charge < -0.3 is 0 Å². The Labute approximate surface area is 113 Å². The second-order valence-corrected chi connectivity index (χ2v) is 4.33. The van der Waals surface area contributed by atoms with E-state index in [9.17, 15) is 17.6 Å². The van der Waals surface area contributed by atoms with Gasteiger partial charge in [-0.3, -0.25) is 11.3 Å². The minimum Gasteiger partial charge on any atom is -0.271 e. The maximum atomic E-state index is 13.7. The Morgan fingerprint density at radius 3 is 1.95 bits per heavy atom. The molecule has 0 fully saturated rings. The van der Waals surface area contributed by atoms with Crippen LogP contribution in [0.3, 0.4) is 0 Å². The van der Waals surface area contributed by atoms with Crippen LogP contribution in [0.2, 0.25) is 0 Å². The maximum Gasteiger partial charge on any atom is 0.133 e. The average molecular weight is 284 g/mol. The molecule has 1 unspecified atom stereocenters. The first kappa shape index (κ1) is 14.5. The van der Waals surface area contributed by atoms with Gasteiger partial charge in [0.2, 0.25) is 0 Å². The molecule has 0 saturated heterocycles. The molecular formula is C14H12F4N2. The number of benzene rings is 2. The molecule has 0 aliphatic heterocycles. The molecule has 6 heteroatoms. The summed E-state index contributed by atoms with van der Waals surface area (Å²) in [6, 6.07) is 5.74. The van der Waals surface area contributed by atoms with Crippen LogP contribution < -0.4 is 11.3 Å². The monoisotopic (exact) mass is 284 g/mol. The number of nitrogens with one attached hydrogen (secondary N) is 1. The molecule has 0 heterocycles. The van der Waals surface area contributed by atoms with E-state index in [4.69, 9.17) is 5.84 Å². The van der Waals surface area contributed by atoms with Crippen LogP contribution in [0.15, 0.2) is 36.4 Å². The molecule has 0 saturated carbocycles. The van der Waals surface area contributed by atoms with Crippen LogP contribution in [0, 0.1) is 23.3 Å². The van der Waals surface area contributed by atoms with Crippen molar-refractivity contribution < 1.29 is 17.6 Å². The van der Waals surface area contributed by atoms with Crippen molar-refractivity contribution in [1.29, 1.82) is 0 Å². The number of hydrazine groups is 1. The summed E-state index contributed by atoms with van der Waals surface area (Å²) in [6.45, 7) is 0. The van der Waals surface area contributed by atoms with E-state index in [0.29, 0.717) is 17.7 Å². The zero-order valence-corrected chi connectivity index (χ0v) is 10.3. The third-order valence-electron chi connectivity index (χ3n) is 2.95. The molecule has 0 spiro atoms. The summed E-state index contributed by atoms with van der Waals surface area (Å²) in [5.41, 5.74) is 2.57. The molecule has 2 aromatic carbocycles. The van der Waals surface area contributed by atoms with Gasteiger partial charge in [0.15, 0.2) is 0 Å². The minimum atomic E-state index is -1.02. The summed E-state index contributed by atoms with van der Waals surface area (Å²) in [5, 5.41) is 0. The van der Waals surface area contributed by atoms with Crippen molar-refractivity contribution in [2.24, 2.45) is 5.84 Å². The van der Waals surface area contributed by atoms with Gasteiger partial charge in [0.1, 0.15) is 23.3 Å². The molecule has 20 heavy (non-hydrogen) atoms. The lowest BCUT2D eigenvalue weighted by molar-refractivity contribution is 0.461. The minimum absolute atomic E-state index is 0.135. The lowest BCUT2D eigenvalue weighted by Crippen LogP contribution is -2.31. The van der Waals surface area contributed by atoms with Gasteiger partial charge in [-0.1, -0.05) is 12.1 Å². The summed E-state index contributed by atoms with van der Waals surface area (Å²) >= 11 is 0. The normalized spacial score (nSPS) is 12.4. The van der Waals surface area contributed by atoms with Gasteiger partial charge in [0.05, 0.1) is 6.04 Å². The fourth-order valence-corrected chi connectivity index (χ4v) is 1.99. The van der Waals surface area contributed by atoms with Crippen molar-refractivity contribution >= 4 is 0 Å². The largest absolute Gasteiger partial charge is 0.271 e. The van der Waals surface area contributed by atoms with Crippen molar-refractivity contribution in [1.82, 2.24) is 5.43 Å². The predicted molar refractivity (Wildman–Crippen MR) is 66.5 cm³/mol. The van der Waals surface area contributed by atoms with Crippen LogP contribution in [0.4, 0.5) is 17.6 Å². The Bertz CT molecular complexity index is 576. The van der Waals surface area contributed by atoms with Gasteiger partial charge in [-0.2, -0.15) is 0 Å². The zero-order chi connectivity index (χ0) is 14.7. The van der Waals surface area contributed by atoms with Crippen LogP contribution >= 0.6 is 0 Å². The highest BCUT2D eigenvalue weighted by Gasteiger charge is 2.21. The Hall–Kier alpha value is -1.92. The van der Waals surface area contributed by atoms with Crippen LogP contribution in [-0.4, -0.2) is 0 Å². The molecule has 0 aliphatic carbocycles. The van der Waals surface area contributed by atoms with Gasteiger partial charge in [-0.25, -0.2) is 17.6 Å². The fraction of sp³-hybridized carbons (Fsp3) is 0.143. The van der Waals surface area contributed by atoms with E-state index in [1.54, 1.807) is 0 Å². The Morgan fingerprint density at radius 1 is 0.900 bits per heavy atom. The van der Waals surface area contributed by atoms with Gasteiger partial charge >= 0.3 is 0 Å². The van der Waals surface area contributed by atoms with Gasteiger partial charge in [0, 0.05) is 17.7 Å². The van der Waals surface area contributed by atoms with E-state index >= 15 is 0 Å². The Morgan fingerprint density at radius 2 is 1.45 bits per heavy atom. The standard InChI is InChI=1S/C14H12F4N2/c15-9-3-1-8(2-4-9)5-13(20-19)14-11(17)6-10(16)7-12(14)18/h1-4,6-7,13,20H,5,19H2. The lowest BCUT2D eigenvalue weighted by atomic mass is 9.98. The predicted octanol–water partition coefficient (Wildman–Crippen LogP) is 2.99. The molecule has 0 bridgehead atoms. The number of rotatable bonds is 4. The first-order valence-electron chi connectivity index (χ1n) is 5.86. The van der Waals surface area contributed by atoms with Crippen molar-refractivity contribution in [3.63, 3.8) is 0 Å². The molecule has 0 aromatic heterocycles. The van der Waals surface area contributed by atoms with Crippen molar-refractivity contribution in [2.75, 3.05) is 0 Å². The van der Waals surface area contributed by atoms with Gasteiger partial charge in [0.25, 0.3) is 0 Å². The second-order valence-electron chi connectivity index (χ2n) is 4.33. The third-order valence-corrected chi connectivity index (χ3v) is 2.95. The highest BCUT2D eigenvalue weighted by atomic mass is 19.1. The Kier molecular flexibility index (Phi) is 4.36. The van der Waals surface area contributed by atoms with Gasteiger partial charge in [-0.15, -0.1) is 0 Å². The van der Waals surface area contributed by atoms with E-state index in [1.165, 1.54) is 24.3 Å². The van der Waals surface area contributed by atoms with Crippen LogP contribution in [0.25, 0.3) is 0 Å². The fourth-order valence-electron chi connectivity index (χ4n) is 1.99. The van der Waals surface area contributed by atoms with Crippen molar-refractivity contribution in [3.05, 3.63) is 70.8 Å². The molecule has 0 radical (unpaired) electrons. The van der Waals surface area contributed by atoms with Gasteiger partial charge in [-0.05, 0) is 24.1 Å². The van der Waals surface area contributed by atoms with Crippen molar-refractivity contribution in [3.8, 4) is 0 Å². The topological polar surface area (TPSA) is 38.0 Å². The summed E-state index contributed by atoms with van der Waals surface area (Å²) in [7, 11) is 0. The molecule has 2 nitrogen and oxygen atoms in total. The third kappa shape index (κ3) is 3.15. The molecule has 3 N–H and O–H groups in total. The second kappa shape index (κ2) is 6.02. The number of hydrogen-bond donors (Lipinski definition) is 2. The smallest absolute Gasteiger partial charge is 0.133 e. The molecule has 1 atom stereocenters. The molecule has 2 rings (SSSR count). The van der Waals surface area contributed by atoms with E-state index < -0.39 is 29.3 Å². The van der Waals surface area contributed by atoms with E-state index in [0.717, 1.165) is 0 Å². The van der Waals surface area contributed by atoms with E-state index in [1.807, 2.05) is 0 Å². The highest BCUT2D eigenvalue weighted by Crippen LogP contribution is 2.24. The molecule has 2 aromatic rings. The van der Waals surface area contributed by atoms with E-state index in [-0.39, 0.29) is 12.0 Å². The number of nitrogens with two attached hydrogens (primary N) is 1. The quantitative estimate of drug-likeness (QED) is 0.514. The highest BCUT2D eigenvalue weighted by molar-refractivity contribution is 5.27. The summed E-state index contributed by atoms with van der Waals surface area (Å²) in [4.78, 5) is 0. The summed E-state index contributed by atoms with van der Waals surface area (Å²) in [5.74, 6) is 1.85. The van der Waals surface area contributed by atoms with Crippen LogP contribution in [-0.2, 0) is 6.42 Å². The maximum absolute atomic E-state index is 13.7. The summed E-state index contributed by atoms with van der Waals surface area (Å²) < 4.78 is 53.0. The average Bonchev–Trinajstić information content (AvgIpc) is 2.38. The molecule has 0 amide bonds. The van der Waals surface area contributed by atoms with Crippen LogP contribution in [0.5, 0.6) is 0 Å². The van der Waals surface area contributed by atoms with Crippen LogP contribution in [0.1, 0.15) is 17.2 Å². The number of halogens is 4. The Balaban J connectivity index is 2.31. The lowest BCUT2D eigenvalue weighted by Gasteiger charge is -2.18. The molecule has 106 valence electrons. The summed E-state index contributed by atoms with van der Waals surface area (Å²) in [6.07, 6.45) is 0.135. The first-order valence-corrected chi connectivity index (χ1v) is 5.86. The molecular weight excluding hydrogens is 272 g/mol. The first-order chi connectivity index (χ1) is 9.51. The van der Waals surface area contributed by atoms with Crippen molar-refractivity contribution in [2.45, 2.75) is 12.5 Å². The SMILES string of the molecule is NNC(Cc1ccc(F)cc1)c1c(F)cc(F)cc1F. The number of hydrogen-bond acceptors (Lipinski definition) is 2.